The number of nitrogens with two attached hydrogens (primary N) is 1. The van der Waals surface area contributed by atoms with Gasteiger partial charge in [-0.1, -0.05) is 0 Å². The summed E-state index contributed by atoms with van der Waals surface area (Å²) in [7, 11) is 3.82. The second kappa shape index (κ2) is 7.43. The summed E-state index contributed by atoms with van der Waals surface area (Å²) in [4.78, 5) is 26.1. The molecule has 0 bridgehead atoms. The van der Waals surface area contributed by atoms with E-state index in [1.165, 1.54) is 6.20 Å². The molecule has 0 unspecified atom stereocenters. The monoisotopic (exact) mass is 408 g/mol. The van der Waals surface area contributed by atoms with Crippen LogP contribution in [0.2, 0.25) is 0 Å². The van der Waals surface area contributed by atoms with Gasteiger partial charge in [0.05, 0.1) is 17.6 Å². The first-order valence-corrected chi connectivity index (χ1v) is 9.01. The Hall–Kier alpha value is -4.01. The molecule has 1 aromatic carbocycles. The minimum absolute atomic E-state index is 0.292. The van der Waals surface area contributed by atoms with Gasteiger partial charge in [0.2, 0.25) is 0 Å². The van der Waals surface area contributed by atoms with Gasteiger partial charge >= 0.3 is 0 Å². The first-order valence-electron chi connectivity index (χ1n) is 9.01. The lowest BCUT2D eigenvalue weighted by molar-refractivity contribution is 0.101. The van der Waals surface area contributed by atoms with E-state index in [9.17, 15) is 13.6 Å². The van der Waals surface area contributed by atoms with Crippen LogP contribution in [0.3, 0.4) is 0 Å². The number of anilines is 3. The minimum atomic E-state index is -1.10. The topological polar surface area (TPSA) is 99.9 Å². The van der Waals surface area contributed by atoms with Crippen LogP contribution in [-0.2, 0) is 0 Å². The maximum absolute atomic E-state index is 14.1. The van der Waals surface area contributed by atoms with Gasteiger partial charge in [0.1, 0.15) is 22.8 Å². The second-order valence-corrected chi connectivity index (χ2v) is 6.92. The maximum atomic E-state index is 14.1. The molecule has 4 N–H and O–H groups in total. The standard InChI is InChI=1S/C21H18F2N6O/c1-29(2)17-6-3-11(9-25-17)16-8-12-7-13(10-26-20(12)28-16)27-21(30)18-14(22)4-5-15(24)19(18)23/h3-10H,24H2,1-2H3,(H,26,28)(H,27,30). The highest BCUT2D eigenvalue weighted by Crippen LogP contribution is 2.26. The van der Waals surface area contributed by atoms with Crippen LogP contribution in [0, 0.1) is 11.6 Å². The maximum Gasteiger partial charge on any atom is 0.261 e. The van der Waals surface area contributed by atoms with E-state index in [2.05, 4.69) is 20.3 Å². The predicted molar refractivity (Wildman–Crippen MR) is 112 cm³/mol. The van der Waals surface area contributed by atoms with E-state index < -0.39 is 23.1 Å². The van der Waals surface area contributed by atoms with Gasteiger partial charge in [0, 0.05) is 36.9 Å². The van der Waals surface area contributed by atoms with Crippen molar-refractivity contribution in [1.29, 1.82) is 0 Å². The van der Waals surface area contributed by atoms with Gasteiger partial charge in [-0.05, 0) is 36.4 Å². The van der Waals surface area contributed by atoms with Crippen molar-refractivity contribution in [3.8, 4) is 11.3 Å². The number of halogens is 2. The third kappa shape index (κ3) is 3.52. The van der Waals surface area contributed by atoms with Crippen molar-refractivity contribution in [2.45, 2.75) is 0 Å². The van der Waals surface area contributed by atoms with Crippen LogP contribution in [0.25, 0.3) is 22.3 Å². The Morgan fingerprint density at radius 3 is 2.60 bits per heavy atom. The molecule has 30 heavy (non-hydrogen) atoms. The van der Waals surface area contributed by atoms with Crippen LogP contribution < -0.4 is 16.0 Å². The number of nitrogens with zero attached hydrogens (tertiary/aromatic N) is 3. The first-order chi connectivity index (χ1) is 14.3. The summed E-state index contributed by atoms with van der Waals surface area (Å²) >= 11 is 0. The molecule has 1 amide bonds. The lowest BCUT2D eigenvalue weighted by atomic mass is 10.1. The van der Waals surface area contributed by atoms with E-state index in [-0.39, 0.29) is 5.69 Å². The molecular weight excluding hydrogens is 390 g/mol. The largest absolute Gasteiger partial charge is 0.396 e. The van der Waals surface area contributed by atoms with Crippen LogP contribution in [0.15, 0.2) is 48.8 Å². The zero-order chi connectivity index (χ0) is 21.4. The highest BCUT2D eigenvalue weighted by atomic mass is 19.1. The average Bonchev–Trinajstić information content (AvgIpc) is 3.14. The molecule has 0 aliphatic rings. The zero-order valence-electron chi connectivity index (χ0n) is 16.2. The number of amides is 1. The lowest BCUT2D eigenvalue weighted by Gasteiger charge is -2.10. The number of carbonyl (C=O) groups is 1. The molecular formula is C21H18F2N6O. The van der Waals surface area contributed by atoms with Crippen molar-refractivity contribution in [1.82, 2.24) is 15.0 Å². The molecule has 0 saturated heterocycles. The Morgan fingerprint density at radius 1 is 1.10 bits per heavy atom. The van der Waals surface area contributed by atoms with Gasteiger partial charge in [-0.25, -0.2) is 18.7 Å². The average molecular weight is 408 g/mol. The van der Waals surface area contributed by atoms with Crippen molar-refractivity contribution >= 4 is 34.1 Å². The molecule has 152 valence electrons. The summed E-state index contributed by atoms with van der Waals surface area (Å²) in [5.74, 6) is -2.21. The fourth-order valence-electron chi connectivity index (χ4n) is 3.02. The Bertz CT molecular complexity index is 1250. The molecule has 3 aromatic heterocycles. The summed E-state index contributed by atoms with van der Waals surface area (Å²) in [6, 6.07) is 9.35. The molecule has 3 heterocycles. The van der Waals surface area contributed by atoms with Gasteiger partial charge in [-0.2, -0.15) is 0 Å². The molecule has 0 aliphatic heterocycles. The number of nitrogens with one attached hydrogen (secondary N) is 2. The third-order valence-corrected chi connectivity index (χ3v) is 4.59. The number of H-pyrrole nitrogens is 1. The zero-order valence-corrected chi connectivity index (χ0v) is 16.2. The fraction of sp³-hybridized carbons (Fsp3) is 0.0952. The number of aromatic amines is 1. The molecule has 0 spiro atoms. The van der Waals surface area contributed by atoms with Crippen molar-refractivity contribution in [2.24, 2.45) is 0 Å². The summed E-state index contributed by atoms with van der Waals surface area (Å²) in [5, 5.41) is 3.18. The number of benzene rings is 1. The molecule has 0 atom stereocenters. The highest BCUT2D eigenvalue weighted by molar-refractivity contribution is 6.05. The predicted octanol–water partition coefficient (Wildman–Crippen LogP) is 3.80. The number of rotatable bonds is 4. The van der Waals surface area contributed by atoms with Crippen molar-refractivity contribution < 1.29 is 13.6 Å². The Labute approximate surface area is 170 Å². The molecule has 9 heteroatoms. The summed E-state index contributed by atoms with van der Waals surface area (Å²) in [6.45, 7) is 0. The van der Waals surface area contributed by atoms with Crippen molar-refractivity contribution in [3.63, 3.8) is 0 Å². The molecule has 0 saturated carbocycles. The summed E-state index contributed by atoms with van der Waals surface area (Å²) in [6.07, 6.45) is 3.14. The second-order valence-electron chi connectivity index (χ2n) is 6.92. The van der Waals surface area contributed by atoms with Gasteiger partial charge in [-0.15, -0.1) is 0 Å². The van der Waals surface area contributed by atoms with E-state index in [1.807, 2.05) is 37.2 Å². The molecule has 0 radical (unpaired) electrons. The van der Waals surface area contributed by atoms with E-state index in [0.29, 0.717) is 16.7 Å². The van der Waals surface area contributed by atoms with Gasteiger partial charge < -0.3 is 20.9 Å². The first kappa shape index (κ1) is 19.3. The molecule has 0 fully saturated rings. The van der Waals surface area contributed by atoms with Crippen LogP contribution >= 0.6 is 0 Å². The molecule has 0 aliphatic carbocycles. The quantitative estimate of drug-likeness (QED) is 0.446. The Kier molecular flexibility index (Phi) is 4.78. The molecule has 4 aromatic rings. The van der Waals surface area contributed by atoms with Crippen molar-refractivity contribution in [2.75, 3.05) is 30.0 Å². The lowest BCUT2D eigenvalue weighted by Crippen LogP contribution is -2.17. The molecule has 7 nitrogen and oxygen atoms in total. The van der Waals surface area contributed by atoms with Crippen LogP contribution in [0.4, 0.5) is 26.0 Å². The van der Waals surface area contributed by atoms with Crippen LogP contribution in [-0.4, -0.2) is 35.0 Å². The number of hydrogen-bond acceptors (Lipinski definition) is 5. The van der Waals surface area contributed by atoms with E-state index in [1.54, 1.807) is 12.3 Å². The number of carbonyl (C=O) groups excluding carboxylic acids is 1. The number of nitrogen functional groups attached to an aromatic ring is 1. The van der Waals surface area contributed by atoms with Gasteiger partial charge in [0.15, 0.2) is 5.82 Å². The molecule has 4 rings (SSSR count). The third-order valence-electron chi connectivity index (χ3n) is 4.59. The van der Waals surface area contributed by atoms with Crippen LogP contribution in [0.1, 0.15) is 10.4 Å². The number of pyridine rings is 2. The van der Waals surface area contributed by atoms with E-state index in [4.69, 9.17) is 5.73 Å². The number of hydrogen-bond donors (Lipinski definition) is 3. The summed E-state index contributed by atoms with van der Waals surface area (Å²) < 4.78 is 28.0. The van der Waals surface area contributed by atoms with Gasteiger partial charge in [-0.3, -0.25) is 4.79 Å². The van der Waals surface area contributed by atoms with E-state index >= 15 is 0 Å². The van der Waals surface area contributed by atoms with E-state index in [0.717, 1.165) is 29.2 Å². The Morgan fingerprint density at radius 2 is 1.90 bits per heavy atom. The Balaban J connectivity index is 1.61. The van der Waals surface area contributed by atoms with Crippen LogP contribution in [0.5, 0.6) is 0 Å². The smallest absolute Gasteiger partial charge is 0.261 e. The van der Waals surface area contributed by atoms with Crippen molar-refractivity contribution in [3.05, 3.63) is 66.0 Å². The van der Waals surface area contributed by atoms with Gasteiger partial charge in [0.25, 0.3) is 5.91 Å². The normalized spacial score (nSPS) is 10.9. The number of aromatic nitrogens is 3. The fourth-order valence-corrected chi connectivity index (χ4v) is 3.02. The highest BCUT2D eigenvalue weighted by Gasteiger charge is 2.20. The SMILES string of the molecule is CN(C)c1ccc(-c2cc3cc(NC(=O)c4c(F)ccc(N)c4F)cnc3[nH]2)cn1. The number of fused-ring (bicyclic) bond motifs is 1. The summed E-state index contributed by atoms with van der Waals surface area (Å²) in [5.41, 5.74) is 6.94. The minimum Gasteiger partial charge on any atom is -0.396 e.